The Balaban J connectivity index is 1.85. The fraction of sp³-hybridized carbons (Fsp3) is 0.250. The molecule has 144 valence electrons. The van der Waals surface area contributed by atoms with Crippen LogP contribution in [-0.2, 0) is 6.18 Å². The first-order valence-electron chi connectivity index (χ1n) is 8.70. The van der Waals surface area contributed by atoms with Gasteiger partial charge in [-0.1, -0.05) is 54.1 Å². The molecule has 0 radical (unpaired) electrons. The topological polar surface area (TPSA) is 43.1 Å². The highest BCUT2D eigenvalue weighted by molar-refractivity contribution is 6.32. The maximum absolute atomic E-state index is 13.3. The first kappa shape index (κ1) is 18.7. The number of hydrogen-bond acceptors (Lipinski definition) is 3. The van der Waals surface area contributed by atoms with E-state index in [1.807, 2.05) is 37.3 Å². The van der Waals surface area contributed by atoms with Crippen LogP contribution in [0.3, 0.4) is 0 Å². The van der Waals surface area contributed by atoms with Crippen LogP contribution in [0.5, 0.6) is 0 Å². The van der Waals surface area contributed by atoms with E-state index in [0.717, 1.165) is 17.4 Å². The summed E-state index contributed by atoms with van der Waals surface area (Å²) in [6.07, 6.45) is -4.53. The van der Waals surface area contributed by atoms with Crippen LogP contribution < -0.4 is 0 Å². The summed E-state index contributed by atoms with van der Waals surface area (Å²) in [5, 5.41) is 8.18. The molecule has 1 aliphatic heterocycles. The first-order chi connectivity index (χ1) is 13.3. The highest BCUT2D eigenvalue weighted by atomic mass is 35.5. The van der Waals surface area contributed by atoms with Crippen LogP contribution in [0.1, 0.15) is 48.3 Å². The van der Waals surface area contributed by atoms with E-state index in [-0.39, 0.29) is 10.9 Å². The molecule has 0 bridgehead atoms. The predicted octanol–water partition coefficient (Wildman–Crippen LogP) is 5.61. The zero-order valence-electron chi connectivity index (χ0n) is 15.1. The van der Waals surface area contributed by atoms with Gasteiger partial charge in [-0.2, -0.15) is 13.2 Å². The van der Waals surface area contributed by atoms with Gasteiger partial charge in [0.05, 0.1) is 33.7 Å². The van der Waals surface area contributed by atoms with E-state index in [0.29, 0.717) is 17.0 Å². The molecule has 0 aliphatic carbocycles. The molecule has 2 aromatic carbocycles. The Hall–Kier alpha value is -2.67. The van der Waals surface area contributed by atoms with Crippen LogP contribution >= 0.6 is 11.6 Å². The monoisotopic (exact) mass is 404 g/mol. The number of fused-ring (bicyclic) bond motifs is 1. The molecule has 0 N–H and O–H groups in total. The van der Waals surface area contributed by atoms with Crippen molar-refractivity contribution < 1.29 is 13.2 Å². The average Bonchev–Trinajstić information content (AvgIpc) is 3.11. The summed E-state index contributed by atoms with van der Waals surface area (Å²) in [6.45, 7) is 3.68. The lowest BCUT2D eigenvalue weighted by atomic mass is 9.87. The van der Waals surface area contributed by atoms with E-state index >= 15 is 0 Å². The van der Waals surface area contributed by atoms with Gasteiger partial charge in [-0.05, 0) is 30.7 Å². The van der Waals surface area contributed by atoms with Crippen LogP contribution in [0.4, 0.5) is 13.2 Å². The number of para-hydroxylation sites is 1. The van der Waals surface area contributed by atoms with Gasteiger partial charge in [0, 0.05) is 5.92 Å². The summed E-state index contributed by atoms with van der Waals surface area (Å²) in [5.74, 6) is -0.269. The van der Waals surface area contributed by atoms with E-state index in [1.54, 1.807) is 17.7 Å². The number of aromatic nitrogens is 3. The van der Waals surface area contributed by atoms with Gasteiger partial charge in [0.2, 0.25) is 0 Å². The van der Waals surface area contributed by atoms with Crippen molar-refractivity contribution >= 4 is 17.3 Å². The predicted molar refractivity (Wildman–Crippen MR) is 101 cm³/mol. The molecule has 1 aliphatic rings. The Kier molecular flexibility index (Phi) is 4.50. The minimum Gasteiger partial charge on any atom is -0.279 e. The van der Waals surface area contributed by atoms with Crippen LogP contribution in [0, 0.1) is 0 Å². The SMILES string of the molecule is CC1=NC(c2cccc(C(F)(F)F)c2Cl)C(C)c2c1nnn2-c1ccccc1. The molecule has 2 atom stereocenters. The summed E-state index contributed by atoms with van der Waals surface area (Å²) in [7, 11) is 0. The van der Waals surface area contributed by atoms with Crippen molar-refractivity contribution in [1.82, 2.24) is 15.0 Å². The maximum atomic E-state index is 13.3. The van der Waals surface area contributed by atoms with Crippen molar-refractivity contribution in [2.45, 2.75) is 32.0 Å². The molecule has 8 heteroatoms. The summed E-state index contributed by atoms with van der Waals surface area (Å²) >= 11 is 6.17. The van der Waals surface area contributed by atoms with Crippen molar-refractivity contribution in [3.05, 3.63) is 76.1 Å². The molecule has 0 fully saturated rings. The van der Waals surface area contributed by atoms with Gasteiger partial charge in [-0.15, -0.1) is 5.10 Å². The number of nitrogens with zero attached hydrogens (tertiary/aromatic N) is 4. The van der Waals surface area contributed by atoms with Crippen molar-refractivity contribution in [3.8, 4) is 5.69 Å². The molecule has 2 unspecified atom stereocenters. The van der Waals surface area contributed by atoms with Crippen molar-refractivity contribution in [3.63, 3.8) is 0 Å². The van der Waals surface area contributed by atoms with Crippen molar-refractivity contribution in [2.24, 2.45) is 4.99 Å². The Bertz CT molecular complexity index is 1060. The summed E-state index contributed by atoms with van der Waals surface area (Å²) in [4.78, 5) is 4.61. The largest absolute Gasteiger partial charge is 0.417 e. The van der Waals surface area contributed by atoms with E-state index in [1.165, 1.54) is 6.07 Å². The van der Waals surface area contributed by atoms with E-state index in [2.05, 4.69) is 15.3 Å². The second-order valence-electron chi connectivity index (χ2n) is 6.73. The van der Waals surface area contributed by atoms with Gasteiger partial charge < -0.3 is 0 Å². The van der Waals surface area contributed by atoms with Crippen molar-refractivity contribution in [1.29, 1.82) is 0 Å². The number of benzene rings is 2. The fourth-order valence-corrected chi connectivity index (χ4v) is 3.93. The Morgan fingerprint density at radius 1 is 1.04 bits per heavy atom. The smallest absolute Gasteiger partial charge is 0.279 e. The van der Waals surface area contributed by atoms with E-state index in [4.69, 9.17) is 11.6 Å². The second-order valence-corrected chi connectivity index (χ2v) is 7.10. The number of halogens is 4. The van der Waals surface area contributed by atoms with E-state index < -0.39 is 17.8 Å². The third-order valence-corrected chi connectivity index (χ3v) is 5.36. The molecule has 3 aromatic rings. The van der Waals surface area contributed by atoms with Gasteiger partial charge >= 0.3 is 6.18 Å². The summed E-state index contributed by atoms with van der Waals surface area (Å²) < 4.78 is 41.6. The Morgan fingerprint density at radius 3 is 2.43 bits per heavy atom. The van der Waals surface area contributed by atoms with E-state index in [9.17, 15) is 13.2 Å². The Labute approximate surface area is 164 Å². The van der Waals surface area contributed by atoms with Gasteiger partial charge in [-0.3, -0.25) is 4.99 Å². The molecule has 28 heavy (non-hydrogen) atoms. The Morgan fingerprint density at radius 2 is 1.75 bits per heavy atom. The molecule has 0 spiro atoms. The molecule has 0 saturated heterocycles. The average molecular weight is 405 g/mol. The molecule has 2 heterocycles. The fourth-order valence-electron chi connectivity index (χ4n) is 3.58. The van der Waals surface area contributed by atoms with Crippen molar-refractivity contribution in [2.75, 3.05) is 0 Å². The number of aliphatic imine (C=N–C) groups is 1. The number of rotatable bonds is 2. The standard InChI is InChI=1S/C20H16ClF3N4/c1-11-17(14-9-6-10-15(16(14)21)20(22,23)24)25-12(2)18-19(11)28(27-26-18)13-7-4-3-5-8-13/h3-11,17H,1-2H3. The third-order valence-electron chi connectivity index (χ3n) is 4.94. The maximum Gasteiger partial charge on any atom is 0.417 e. The second kappa shape index (κ2) is 6.74. The van der Waals surface area contributed by atoms with Crippen LogP contribution in [0.25, 0.3) is 5.69 Å². The molecular formula is C20H16ClF3N4. The molecular weight excluding hydrogens is 389 g/mol. The summed E-state index contributed by atoms with van der Waals surface area (Å²) in [6, 6.07) is 12.8. The lowest BCUT2D eigenvalue weighted by molar-refractivity contribution is -0.137. The van der Waals surface area contributed by atoms with Crippen LogP contribution in [0.2, 0.25) is 5.02 Å². The van der Waals surface area contributed by atoms with Crippen LogP contribution in [0.15, 0.2) is 53.5 Å². The normalized spacial score (nSPS) is 19.3. The molecule has 4 rings (SSSR count). The lowest BCUT2D eigenvalue weighted by Crippen LogP contribution is -2.21. The summed E-state index contributed by atoms with van der Waals surface area (Å²) in [5.41, 5.74) is 2.38. The van der Waals surface area contributed by atoms with Gasteiger partial charge in [0.25, 0.3) is 0 Å². The quantitative estimate of drug-likeness (QED) is 0.557. The molecule has 0 saturated carbocycles. The highest BCUT2D eigenvalue weighted by Gasteiger charge is 2.38. The molecule has 0 amide bonds. The minimum atomic E-state index is -4.53. The molecule has 1 aromatic heterocycles. The number of alkyl halides is 3. The minimum absolute atomic E-state index is 0.269. The zero-order valence-corrected chi connectivity index (χ0v) is 15.8. The first-order valence-corrected chi connectivity index (χ1v) is 9.08. The lowest BCUT2D eigenvalue weighted by Gasteiger charge is -2.28. The van der Waals surface area contributed by atoms with Gasteiger partial charge in [0.15, 0.2) is 0 Å². The third kappa shape index (κ3) is 2.99. The van der Waals surface area contributed by atoms with Gasteiger partial charge in [0.1, 0.15) is 5.69 Å². The van der Waals surface area contributed by atoms with Gasteiger partial charge in [-0.25, -0.2) is 4.68 Å². The highest BCUT2D eigenvalue weighted by Crippen LogP contribution is 2.45. The van der Waals surface area contributed by atoms with Crippen LogP contribution in [-0.4, -0.2) is 20.7 Å². The number of hydrogen-bond donors (Lipinski definition) is 0. The molecule has 4 nitrogen and oxygen atoms in total. The zero-order chi connectivity index (χ0) is 20.1.